The summed E-state index contributed by atoms with van der Waals surface area (Å²) >= 11 is 0. The van der Waals surface area contributed by atoms with E-state index in [1.165, 1.54) is 12.1 Å². The van der Waals surface area contributed by atoms with Crippen molar-refractivity contribution in [3.63, 3.8) is 0 Å². The average molecular weight is 451 g/mol. The summed E-state index contributed by atoms with van der Waals surface area (Å²) in [4.78, 5) is 4.07. The molecule has 0 aliphatic rings. The van der Waals surface area contributed by atoms with Gasteiger partial charge in [-0.15, -0.1) is 24.0 Å². The third-order valence-corrected chi connectivity index (χ3v) is 2.87. The number of ether oxygens (including phenoxy) is 1. The normalized spacial score (nSPS) is 11.5. The Kier molecular flexibility index (Phi) is 7.83. The van der Waals surface area contributed by atoms with Crippen LogP contribution in [-0.2, 0) is 6.18 Å². The summed E-state index contributed by atoms with van der Waals surface area (Å²) in [5, 5.41) is 2.91. The highest BCUT2D eigenvalue weighted by Gasteiger charge is 2.29. The quantitative estimate of drug-likeness (QED) is 0.311. The van der Waals surface area contributed by atoms with E-state index in [-0.39, 0.29) is 43.1 Å². The number of guanidine groups is 1. The molecule has 3 N–H and O–H groups in total. The molecule has 0 aliphatic carbocycles. The van der Waals surface area contributed by atoms with Crippen LogP contribution in [0.2, 0.25) is 0 Å². The predicted octanol–water partition coefficient (Wildman–Crippen LogP) is 4.13. The Bertz CT molecular complexity index is 646. The fraction of sp³-hybridized carbons (Fsp3) is 0.188. The lowest BCUT2D eigenvalue weighted by Crippen LogP contribution is -2.23. The van der Waals surface area contributed by atoms with Crippen molar-refractivity contribution in [3.05, 3.63) is 60.2 Å². The number of aliphatic imine (C=N–C) groups is 1. The number of nitrogens with zero attached hydrogens (tertiary/aromatic N) is 1. The molecule has 0 aliphatic heterocycles. The topological polar surface area (TPSA) is 59.6 Å². The van der Waals surface area contributed by atoms with E-state index < -0.39 is 11.7 Å². The SMILES string of the molecule is I.NC(=NCCOc1ccc(C(F)(F)F)cc1)Nc1ccccc1. The highest BCUT2D eigenvalue weighted by atomic mass is 127. The molecule has 0 bridgehead atoms. The number of rotatable bonds is 5. The van der Waals surface area contributed by atoms with Crippen LogP contribution in [0.25, 0.3) is 0 Å². The lowest BCUT2D eigenvalue weighted by molar-refractivity contribution is -0.137. The maximum Gasteiger partial charge on any atom is 0.416 e. The number of anilines is 1. The van der Waals surface area contributed by atoms with E-state index in [0.717, 1.165) is 17.8 Å². The van der Waals surface area contributed by atoms with Crippen molar-refractivity contribution in [1.29, 1.82) is 0 Å². The third-order valence-electron chi connectivity index (χ3n) is 2.87. The van der Waals surface area contributed by atoms with Gasteiger partial charge in [0.25, 0.3) is 0 Å². The van der Waals surface area contributed by atoms with E-state index in [4.69, 9.17) is 10.5 Å². The van der Waals surface area contributed by atoms with Crippen molar-refractivity contribution in [3.8, 4) is 5.75 Å². The average Bonchev–Trinajstić information content (AvgIpc) is 2.52. The minimum Gasteiger partial charge on any atom is -0.492 e. The molecular weight excluding hydrogens is 434 g/mol. The van der Waals surface area contributed by atoms with Gasteiger partial charge < -0.3 is 15.8 Å². The molecule has 0 radical (unpaired) electrons. The Morgan fingerprint density at radius 1 is 1.04 bits per heavy atom. The zero-order valence-corrected chi connectivity index (χ0v) is 14.9. The van der Waals surface area contributed by atoms with E-state index in [1.807, 2.05) is 30.3 Å². The van der Waals surface area contributed by atoms with Gasteiger partial charge in [-0.2, -0.15) is 13.2 Å². The largest absolute Gasteiger partial charge is 0.492 e. The van der Waals surface area contributed by atoms with Gasteiger partial charge in [0, 0.05) is 5.69 Å². The van der Waals surface area contributed by atoms with Crippen LogP contribution in [0.3, 0.4) is 0 Å². The minimum atomic E-state index is -4.35. The van der Waals surface area contributed by atoms with Gasteiger partial charge in [-0.05, 0) is 36.4 Å². The van der Waals surface area contributed by atoms with E-state index in [2.05, 4.69) is 10.3 Å². The number of nitrogens with one attached hydrogen (secondary N) is 1. The molecule has 2 aromatic rings. The molecule has 130 valence electrons. The highest BCUT2D eigenvalue weighted by molar-refractivity contribution is 14.0. The van der Waals surface area contributed by atoms with Crippen LogP contribution >= 0.6 is 24.0 Å². The van der Waals surface area contributed by atoms with E-state index in [9.17, 15) is 13.2 Å². The van der Waals surface area contributed by atoms with Gasteiger partial charge in [0.1, 0.15) is 12.4 Å². The molecule has 0 saturated heterocycles. The Morgan fingerprint density at radius 2 is 1.67 bits per heavy atom. The van der Waals surface area contributed by atoms with Crippen molar-refractivity contribution in [2.24, 2.45) is 10.7 Å². The first-order valence-corrected chi connectivity index (χ1v) is 6.87. The fourth-order valence-electron chi connectivity index (χ4n) is 1.78. The van der Waals surface area contributed by atoms with Crippen LogP contribution < -0.4 is 15.8 Å². The molecule has 8 heteroatoms. The summed E-state index contributed by atoms with van der Waals surface area (Å²) in [5.41, 5.74) is 5.82. The smallest absolute Gasteiger partial charge is 0.416 e. The van der Waals surface area contributed by atoms with Gasteiger partial charge in [-0.3, -0.25) is 0 Å². The lowest BCUT2D eigenvalue weighted by Gasteiger charge is -2.09. The Hall–Kier alpha value is -1.97. The molecule has 2 aromatic carbocycles. The molecule has 0 unspecified atom stereocenters. The number of hydrogen-bond donors (Lipinski definition) is 2. The van der Waals surface area contributed by atoms with Crippen molar-refractivity contribution in [2.75, 3.05) is 18.5 Å². The first-order valence-electron chi connectivity index (χ1n) is 6.87. The summed E-state index contributed by atoms with van der Waals surface area (Å²) in [6, 6.07) is 13.8. The maximum atomic E-state index is 12.4. The van der Waals surface area contributed by atoms with Crippen molar-refractivity contribution in [1.82, 2.24) is 0 Å². The second kappa shape index (κ2) is 9.36. The van der Waals surface area contributed by atoms with Gasteiger partial charge in [0.15, 0.2) is 5.96 Å². The Labute approximate surface area is 154 Å². The van der Waals surface area contributed by atoms with Crippen molar-refractivity contribution < 1.29 is 17.9 Å². The first-order chi connectivity index (χ1) is 10.9. The van der Waals surface area contributed by atoms with Crippen LogP contribution in [0.5, 0.6) is 5.75 Å². The van der Waals surface area contributed by atoms with E-state index in [1.54, 1.807) is 0 Å². The Morgan fingerprint density at radius 3 is 2.25 bits per heavy atom. The number of nitrogens with two attached hydrogens (primary N) is 1. The Balaban J connectivity index is 0.00000288. The monoisotopic (exact) mass is 451 g/mol. The molecule has 0 spiro atoms. The van der Waals surface area contributed by atoms with Gasteiger partial charge in [-0.25, -0.2) is 4.99 Å². The number of alkyl halides is 3. The fourth-order valence-corrected chi connectivity index (χ4v) is 1.78. The molecule has 24 heavy (non-hydrogen) atoms. The summed E-state index contributed by atoms with van der Waals surface area (Å²) in [6.45, 7) is 0.495. The molecule has 0 amide bonds. The minimum absolute atomic E-state index is 0. The number of hydrogen-bond acceptors (Lipinski definition) is 2. The van der Waals surface area contributed by atoms with Crippen LogP contribution in [0, 0.1) is 0 Å². The molecular formula is C16H17F3IN3O. The summed E-state index contributed by atoms with van der Waals surface area (Å²) < 4.78 is 42.6. The second-order valence-corrected chi connectivity index (χ2v) is 4.63. The van der Waals surface area contributed by atoms with Gasteiger partial charge in [0.05, 0.1) is 12.1 Å². The molecule has 0 heterocycles. The zero-order valence-electron chi connectivity index (χ0n) is 12.6. The van der Waals surface area contributed by atoms with Gasteiger partial charge in [0.2, 0.25) is 0 Å². The summed E-state index contributed by atoms with van der Waals surface area (Å²) in [7, 11) is 0. The molecule has 0 aromatic heterocycles. The standard InChI is InChI=1S/C16H16F3N3O.HI/c17-16(18,19)12-6-8-14(9-7-12)23-11-10-21-15(20)22-13-4-2-1-3-5-13;/h1-9H,10-11H2,(H3,20,21,22);1H. The van der Waals surface area contributed by atoms with Crippen LogP contribution in [0.1, 0.15) is 5.56 Å². The van der Waals surface area contributed by atoms with E-state index in [0.29, 0.717) is 5.75 Å². The molecule has 0 saturated carbocycles. The highest BCUT2D eigenvalue weighted by Crippen LogP contribution is 2.30. The number of benzene rings is 2. The summed E-state index contributed by atoms with van der Waals surface area (Å²) in [5.74, 6) is 0.593. The number of halogens is 4. The maximum absolute atomic E-state index is 12.4. The van der Waals surface area contributed by atoms with Crippen LogP contribution in [0.4, 0.5) is 18.9 Å². The third kappa shape index (κ3) is 6.65. The molecule has 0 fully saturated rings. The summed E-state index contributed by atoms with van der Waals surface area (Å²) in [6.07, 6.45) is -4.35. The first kappa shape index (κ1) is 20.1. The molecule has 0 atom stereocenters. The van der Waals surface area contributed by atoms with Crippen LogP contribution in [-0.4, -0.2) is 19.1 Å². The van der Waals surface area contributed by atoms with E-state index >= 15 is 0 Å². The zero-order chi connectivity index (χ0) is 16.7. The van der Waals surface area contributed by atoms with Crippen molar-refractivity contribution in [2.45, 2.75) is 6.18 Å². The van der Waals surface area contributed by atoms with Gasteiger partial charge in [-0.1, -0.05) is 18.2 Å². The second-order valence-electron chi connectivity index (χ2n) is 4.63. The van der Waals surface area contributed by atoms with Crippen molar-refractivity contribution >= 4 is 35.6 Å². The lowest BCUT2D eigenvalue weighted by atomic mass is 10.2. The molecule has 2 rings (SSSR count). The molecule has 4 nitrogen and oxygen atoms in total. The van der Waals surface area contributed by atoms with Crippen LogP contribution in [0.15, 0.2) is 59.6 Å². The predicted molar refractivity (Wildman–Crippen MR) is 98.9 cm³/mol. The number of para-hydroxylation sites is 1. The van der Waals surface area contributed by atoms with Gasteiger partial charge >= 0.3 is 6.18 Å².